The van der Waals surface area contributed by atoms with E-state index in [1.165, 1.54) is 12.1 Å². The highest BCUT2D eigenvalue weighted by Crippen LogP contribution is 2.45. The largest absolute Gasteiger partial charge is 0.458 e. The lowest BCUT2D eigenvalue weighted by Gasteiger charge is -2.23. The number of hydrogen-bond donors (Lipinski definition) is 2. The Bertz CT molecular complexity index is 1200. The highest BCUT2D eigenvalue weighted by Gasteiger charge is 2.39. The number of halogens is 2. The number of nitrogens with one attached hydrogen (secondary N) is 2. The van der Waals surface area contributed by atoms with E-state index in [0.717, 1.165) is 11.0 Å². The van der Waals surface area contributed by atoms with E-state index in [9.17, 15) is 18.5 Å². The molecule has 2 aromatic rings. The van der Waals surface area contributed by atoms with E-state index >= 15 is 0 Å². The number of unbranched alkanes of at least 4 members (excludes halogenated alkanes) is 1. The van der Waals surface area contributed by atoms with Crippen molar-refractivity contribution in [2.24, 2.45) is 5.11 Å². The highest BCUT2D eigenvalue weighted by molar-refractivity contribution is 7.52. The molecule has 4 atom stereocenters. The van der Waals surface area contributed by atoms with Crippen LogP contribution < -0.4 is 20.9 Å². The molecule has 0 saturated carbocycles. The van der Waals surface area contributed by atoms with Crippen LogP contribution in [0.4, 0.5) is 4.39 Å². The first kappa shape index (κ1) is 26.0. The van der Waals surface area contributed by atoms with Crippen molar-refractivity contribution in [1.82, 2.24) is 14.6 Å². The fourth-order valence-electron chi connectivity index (χ4n) is 3.20. The number of hydrogen-bond acceptors (Lipinski definition) is 7. The van der Waals surface area contributed by atoms with Crippen LogP contribution in [0.25, 0.3) is 10.4 Å². The van der Waals surface area contributed by atoms with Gasteiger partial charge in [-0.1, -0.05) is 30.1 Å². The first-order valence-corrected chi connectivity index (χ1v) is 12.3. The van der Waals surface area contributed by atoms with Gasteiger partial charge in [0, 0.05) is 22.9 Å². The molecule has 2 N–H and O–H groups in total. The summed E-state index contributed by atoms with van der Waals surface area (Å²) in [5, 5.41) is 6.89. The molecular weight excluding hydrogens is 494 g/mol. The minimum atomic E-state index is -3.88. The van der Waals surface area contributed by atoms with Crippen molar-refractivity contribution in [1.29, 1.82) is 0 Å². The number of H-pyrrole nitrogens is 1. The highest BCUT2D eigenvalue weighted by atomic mass is 35.5. The summed E-state index contributed by atoms with van der Waals surface area (Å²) in [6.07, 6.45) is 0.273. The van der Waals surface area contributed by atoms with Gasteiger partial charge >= 0.3 is 13.4 Å². The molecule has 0 aliphatic carbocycles. The lowest BCUT2D eigenvalue weighted by molar-refractivity contribution is -0.0244. The van der Waals surface area contributed by atoms with Gasteiger partial charge in [0.15, 0.2) is 0 Å². The standard InChI is InChI=1S/C19H23ClFN6O6P/c1-2-3-8-23-34(30,33-13-6-4-12(20)5-7-13)31-11-16-15(25-26-22)9-17(32-16)27-10-14(21)18(28)24-19(27)29/h4-7,10,15-17H,2-3,8-9,11H2,1H3,(H,23,30)(H,24,28,29)/t15-,16+,17+,34?/m0/s1. The lowest BCUT2D eigenvalue weighted by Crippen LogP contribution is -2.34. The Labute approximate surface area is 198 Å². The van der Waals surface area contributed by atoms with Gasteiger partial charge in [-0.05, 0) is 36.2 Å². The summed E-state index contributed by atoms with van der Waals surface area (Å²) >= 11 is 5.88. The van der Waals surface area contributed by atoms with Gasteiger partial charge in [0.25, 0.3) is 5.56 Å². The maximum Gasteiger partial charge on any atom is 0.458 e. The van der Waals surface area contributed by atoms with E-state index in [1.807, 2.05) is 11.9 Å². The van der Waals surface area contributed by atoms with E-state index in [1.54, 1.807) is 12.1 Å². The second-order valence-electron chi connectivity index (χ2n) is 7.38. The molecule has 0 amide bonds. The normalized spacial score (nSPS) is 21.6. The Morgan fingerprint density at radius 2 is 2.15 bits per heavy atom. The summed E-state index contributed by atoms with van der Waals surface area (Å²) in [7, 11) is -3.88. The minimum Gasteiger partial charge on any atom is -0.413 e. The average Bonchev–Trinajstić information content (AvgIpc) is 3.19. The van der Waals surface area contributed by atoms with E-state index in [4.69, 9.17) is 30.9 Å². The summed E-state index contributed by atoms with van der Waals surface area (Å²) in [5.74, 6) is -0.923. The van der Waals surface area contributed by atoms with Crippen LogP contribution in [0, 0.1) is 5.82 Å². The van der Waals surface area contributed by atoms with Crippen LogP contribution in [0.5, 0.6) is 5.75 Å². The van der Waals surface area contributed by atoms with Gasteiger partial charge in [0.2, 0.25) is 5.82 Å². The molecule has 3 rings (SSSR count). The molecule has 0 bridgehead atoms. The summed E-state index contributed by atoms with van der Waals surface area (Å²) < 4.78 is 44.8. The van der Waals surface area contributed by atoms with Crippen LogP contribution in [-0.4, -0.2) is 34.8 Å². The maximum absolute atomic E-state index is 13.7. The SMILES string of the molecule is CCCCNP(=O)(OC[C@H]1O[C@@H](n2cc(F)c(=O)[nH]c2=O)C[C@@H]1N=[N+]=[N-])Oc1ccc(Cl)cc1. The predicted molar refractivity (Wildman–Crippen MR) is 121 cm³/mol. The zero-order valence-electron chi connectivity index (χ0n) is 18.1. The van der Waals surface area contributed by atoms with Crippen molar-refractivity contribution >= 4 is 19.3 Å². The van der Waals surface area contributed by atoms with Gasteiger partial charge < -0.3 is 9.26 Å². The number of ether oxygens (including phenoxy) is 1. The third-order valence-corrected chi connectivity index (χ3v) is 6.73. The van der Waals surface area contributed by atoms with Crippen LogP contribution in [0.3, 0.4) is 0 Å². The summed E-state index contributed by atoms with van der Waals surface area (Å²) in [6, 6.07) is 5.37. The number of rotatable bonds is 11. The molecule has 34 heavy (non-hydrogen) atoms. The molecule has 1 aliphatic rings. The quantitative estimate of drug-likeness (QED) is 0.150. The molecular formula is C19H23ClFN6O6P. The Morgan fingerprint density at radius 3 is 2.82 bits per heavy atom. The molecule has 184 valence electrons. The number of nitrogens with zero attached hydrogens (tertiary/aromatic N) is 4. The fraction of sp³-hybridized carbons (Fsp3) is 0.474. The fourth-order valence-corrected chi connectivity index (χ4v) is 4.71. The van der Waals surface area contributed by atoms with Crippen LogP contribution in [0.15, 0.2) is 45.2 Å². The maximum atomic E-state index is 13.7. The van der Waals surface area contributed by atoms with Crippen LogP contribution in [0.1, 0.15) is 32.4 Å². The molecule has 0 radical (unpaired) electrons. The Hall–Kier alpha value is -2.66. The third-order valence-electron chi connectivity index (χ3n) is 4.92. The van der Waals surface area contributed by atoms with Crippen molar-refractivity contribution in [3.8, 4) is 5.75 Å². The molecule has 15 heteroatoms. The Morgan fingerprint density at radius 1 is 1.41 bits per heavy atom. The molecule has 0 spiro atoms. The van der Waals surface area contributed by atoms with Crippen molar-refractivity contribution in [2.45, 2.75) is 44.6 Å². The van der Waals surface area contributed by atoms with Gasteiger partial charge in [-0.3, -0.25) is 18.9 Å². The van der Waals surface area contributed by atoms with E-state index in [-0.39, 0.29) is 18.8 Å². The zero-order chi connectivity index (χ0) is 24.7. The first-order valence-electron chi connectivity index (χ1n) is 10.4. The van der Waals surface area contributed by atoms with Crippen LogP contribution in [0.2, 0.25) is 5.02 Å². The first-order chi connectivity index (χ1) is 16.2. The van der Waals surface area contributed by atoms with Gasteiger partial charge in [0.05, 0.1) is 24.9 Å². The van der Waals surface area contributed by atoms with Crippen molar-refractivity contribution in [3.05, 3.63) is 72.6 Å². The number of aromatic nitrogens is 2. The third kappa shape index (κ3) is 6.69. The molecule has 1 fully saturated rings. The molecule has 1 aliphatic heterocycles. The Balaban J connectivity index is 1.76. The number of benzene rings is 1. The summed E-state index contributed by atoms with van der Waals surface area (Å²) in [4.78, 5) is 28.0. The summed E-state index contributed by atoms with van der Waals surface area (Å²) in [5.41, 5.74) is 6.85. The second kappa shape index (κ2) is 11.7. The van der Waals surface area contributed by atoms with Gasteiger partial charge in [-0.2, -0.15) is 4.39 Å². The van der Waals surface area contributed by atoms with Crippen molar-refractivity contribution in [3.63, 3.8) is 0 Å². The molecule has 1 aromatic heterocycles. The number of aromatic amines is 1. The van der Waals surface area contributed by atoms with E-state index < -0.39 is 43.2 Å². The monoisotopic (exact) mass is 516 g/mol. The van der Waals surface area contributed by atoms with Crippen molar-refractivity contribution in [2.75, 3.05) is 13.2 Å². The smallest absolute Gasteiger partial charge is 0.413 e. The average molecular weight is 517 g/mol. The molecule has 1 aromatic carbocycles. The molecule has 1 unspecified atom stereocenters. The van der Waals surface area contributed by atoms with Crippen LogP contribution >= 0.6 is 19.3 Å². The van der Waals surface area contributed by atoms with E-state index in [0.29, 0.717) is 24.2 Å². The second-order valence-corrected chi connectivity index (χ2v) is 9.57. The molecule has 12 nitrogen and oxygen atoms in total. The van der Waals surface area contributed by atoms with Gasteiger partial charge in [0.1, 0.15) is 12.0 Å². The minimum absolute atomic E-state index is 0.00488. The lowest BCUT2D eigenvalue weighted by atomic mass is 10.1. The predicted octanol–water partition coefficient (Wildman–Crippen LogP) is 3.89. The zero-order valence-corrected chi connectivity index (χ0v) is 19.7. The van der Waals surface area contributed by atoms with Crippen molar-refractivity contribution < 1.29 is 22.7 Å². The van der Waals surface area contributed by atoms with Crippen LogP contribution in [-0.2, 0) is 13.8 Å². The Kier molecular flexibility index (Phi) is 8.90. The topological polar surface area (TPSA) is 160 Å². The van der Waals surface area contributed by atoms with E-state index in [2.05, 4.69) is 15.1 Å². The van der Waals surface area contributed by atoms with Gasteiger partial charge in [-0.25, -0.2) is 14.4 Å². The summed E-state index contributed by atoms with van der Waals surface area (Å²) in [6.45, 7) is 1.98. The van der Waals surface area contributed by atoms with Gasteiger partial charge in [-0.15, -0.1) is 0 Å². The molecule has 2 heterocycles. The molecule has 1 saturated heterocycles. The number of azide groups is 1.